The Bertz CT molecular complexity index is 3550. The summed E-state index contributed by atoms with van der Waals surface area (Å²) in [5.41, 5.74) is 19.0. The fourth-order valence-corrected chi connectivity index (χ4v) is 10.3. The molecule has 11 rings (SSSR count). The van der Waals surface area contributed by atoms with E-state index in [4.69, 9.17) is 9.72 Å². The van der Waals surface area contributed by atoms with Gasteiger partial charge in [0.25, 0.3) is 0 Å². The molecule has 2 aromatic heterocycles. The Hall–Kier alpha value is -7.89. The standard InChI is InChI=1S/C64H58N4O/c1-42-33-43(2)35-49(34-42)67-41-66(61-36-45(25-30-59(61)67)53-22-13-12-21-52(53)44-17-10-9-11-18-44)48-19-16-20-50(39-48)69-51-27-29-56-55-23-14-15-24-58(55)68(60(56)40-51)62-37-46(31-32-65-62)54-28-26-47(63(3,4)5)38-57(54)64(6,7)8/h9-40H,41H2,1-8H3. The van der Waals surface area contributed by atoms with Gasteiger partial charge in [-0.25, -0.2) is 4.98 Å². The molecule has 0 atom stereocenters. The van der Waals surface area contributed by atoms with Gasteiger partial charge >= 0.3 is 0 Å². The zero-order chi connectivity index (χ0) is 47.6. The lowest BCUT2D eigenvalue weighted by Crippen LogP contribution is -2.24. The first-order valence-electron chi connectivity index (χ1n) is 24.1. The number of anilines is 4. The molecule has 0 amide bonds. The number of aryl methyl sites for hydroxylation is 2. The molecule has 10 aromatic rings. The maximum atomic E-state index is 6.87. The summed E-state index contributed by atoms with van der Waals surface area (Å²) >= 11 is 0. The molecule has 69 heavy (non-hydrogen) atoms. The molecular weight excluding hydrogens is 841 g/mol. The molecule has 340 valence electrons. The molecule has 0 saturated carbocycles. The van der Waals surface area contributed by atoms with Crippen LogP contribution in [0.15, 0.2) is 194 Å². The summed E-state index contributed by atoms with van der Waals surface area (Å²) in [6.45, 7) is 18.8. The van der Waals surface area contributed by atoms with Gasteiger partial charge in [0.05, 0.1) is 22.4 Å². The van der Waals surface area contributed by atoms with Gasteiger partial charge in [-0.05, 0) is 147 Å². The Morgan fingerprint density at radius 1 is 0.449 bits per heavy atom. The van der Waals surface area contributed by atoms with E-state index < -0.39 is 0 Å². The van der Waals surface area contributed by atoms with Crippen molar-refractivity contribution in [3.8, 4) is 50.7 Å². The van der Waals surface area contributed by atoms with Gasteiger partial charge < -0.3 is 14.5 Å². The van der Waals surface area contributed by atoms with Crippen LogP contribution in [0.25, 0.3) is 61.0 Å². The van der Waals surface area contributed by atoms with E-state index in [1.54, 1.807) is 0 Å². The molecule has 0 N–H and O–H groups in total. The second-order valence-electron chi connectivity index (χ2n) is 20.8. The van der Waals surface area contributed by atoms with Gasteiger partial charge in [0.15, 0.2) is 0 Å². The number of aromatic nitrogens is 2. The van der Waals surface area contributed by atoms with Crippen LogP contribution in [0.1, 0.15) is 63.8 Å². The predicted octanol–water partition coefficient (Wildman–Crippen LogP) is 17.4. The topological polar surface area (TPSA) is 33.5 Å². The number of pyridine rings is 1. The lowest BCUT2D eigenvalue weighted by molar-refractivity contribution is 0.483. The van der Waals surface area contributed by atoms with E-state index in [-0.39, 0.29) is 10.8 Å². The Balaban J connectivity index is 0.974. The van der Waals surface area contributed by atoms with Gasteiger partial charge in [0.1, 0.15) is 24.0 Å². The largest absolute Gasteiger partial charge is 0.457 e. The first-order valence-corrected chi connectivity index (χ1v) is 24.1. The summed E-state index contributed by atoms with van der Waals surface area (Å²) in [5, 5.41) is 2.32. The van der Waals surface area contributed by atoms with E-state index in [1.165, 1.54) is 66.8 Å². The third-order valence-corrected chi connectivity index (χ3v) is 13.7. The summed E-state index contributed by atoms with van der Waals surface area (Å²) < 4.78 is 9.16. The smallest absolute Gasteiger partial charge is 0.138 e. The van der Waals surface area contributed by atoms with Gasteiger partial charge in [-0.3, -0.25) is 4.57 Å². The Kier molecular flexibility index (Phi) is 10.8. The Labute approximate surface area is 406 Å². The lowest BCUT2D eigenvalue weighted by Gasteiger charge is -2.27. The fraction of sp³-hybridized carbons (Fsp3) is 0.172. The summed E-state index contributed by atoms with van der Waals surface area (Å²) in [4.78, 5) is 9.88. The molecule has 1 aliphatic heterocycles. The average Bonchev–Trinajstić information content (AvgIpc) is 3.89. The predicted molar refractivity (Wildman–Crippen MR) is 290 cm³/mol. The molecule has 0 aliphatic carbocycles. The number of hydrogen-bond acceptors (Lipinski definition) is 4. The minimum atomic E-state index is -0.0498. The van der Waals surface area contributed by atoms with Gasteiger partial charge in [0, 0.05) is 40.5 Å². The molecule has 0 saturated heterocycles. The molecule has 1 aliphatic rings. The van der Waals surface area contributed by atoms with Crippen molar-refractivity contribution in [2.45, 2.75) is 66.2 Å². The second-order valence-corrected chi connectivity index (χ2v) is 20.8. The molecule has 0 radical (unpaired) electrons. The van der Waals surface area contributed by atoms with Crippen molar-refractivity contribution in [2.75, 3.05) is 16.5 Å². The van der Waals surface area contributed by atoms with Crippen molar-refractivity contribution in [2.24, 2.45) is 0 Å². The zero-order valence-corrected chi connectivity index (χ0v) is 40.9. The molecular formula is C64H58N4O. The van der Waals surface area contributed by atoms with Gasteiger partial charge in [-0.2, -0.15) is 0 Å². The van der Waals surface area contributed by atoms with E-state index in [1.807, 2.05) is 6.20 Å². The summed E-state index contributed by atoms with van der Waals surface area (Å²) in [6, 6.07) is 68.0. The highest BCUT2D eigenvalue weighted by Gasteiger charge is 2.30. The molecule has 0 spiro atoms. The Morgan fingerprint density at radius 3 is 1.90 bits per heavy atom. The van der Waals surface area contributed by atoms with Crippen molar-refractivity contribution < 1.29 is 4.74 Å². The molecule has 0 unspecified atom stereocenters. The molecule has 0 bridgehead atoms. The number of rotatable bonds is 8. The molecule has 5 nitrogen and oxygen atoms in total. The van der Waals surface area contributed by atoms with Crippen LogP contribution in [-0.4, -0.2) is 16.2 Å². The summed E-state index contributed by atoms with van der Waals surface area (Å²) in [7, 11) is 0. The van der Waals surface area contributed by atoms with E-state index in [0.29, 0.717) is 6.67 Å². The number of nitrogens with zero attached hydrogens (tertiary/aromatic N) is 4. The highest BCUT2D eigenvalue weighted by Crippen LogP contribution is 2.48. The zero-order valence-electron chi connectivity index (χ0n) is 40.9. The summed E-state index contributed by atoms with van der Waals surface area (Å²) in [5.74, 6) is 2.38. The van der Waals surface area contributed by atoms with E-state index >= 15 is 0 Å². The molecule has 8 aromatic carbocycles. The molecule has 3 heterocycles. The number of ether oxygens (including phenoxy) is 1. The molecule has 0 fully saturated rings. The van der Waals surface area contributed by atoms with Crippen molar-refractivity contribution >= 4 is 44.6 Å². The van der Waals surface area contributed by atoms with Crippen LogP contribution in [-0.2, 0) is 10.8 Å². The normalized spacial score (nSPS) is 12.8. The fourth-order valence-electron chi connectivity index (χ4n) is 10.3. The van der Waals surface area contributed by atoms with Gasteiger partial charge in [-0.1, -0.05) is 151 Å². The number of hydrogen-bond donors (Lipinski definition) is 0. The highest BCUT2D eigenvalue weighted by molar-refractivity contribution is 6.09. The van der Waals surface area contributed by atoms with Gasteiger partial charge in [0.2, 0.25) is 0 Å². The monoisotopic (exact) mass is 898 g/mol. The third kappa shape index (κ3) is 8.22. The van der Waals surface area contributed by atoms with Crippen molar-refractivity contribution in [1.82, 2.24) is 9.55 Å². The minimum Gasteiger partial charge on any atom is -0.457 e. The number of para-hydroxylation sites is 1. The van der Waals surface area contributed by atoms with E-state index in [2.05, 4.69) is 258 Å². The highest BCUT2D eigenvalue weighted by atomic mass is 16.5. The maximum absolute atomic E-state index is 6.87. The maximum Gasteiger partial charge on any atom is 0.138 e. The van der Waals surface area contributed by atoms with E-state index in [0.717, 1.165) is 50.7 Å². The first kappa shape index (κ1) is 43.7. The van der Waals surface area contributed by atoms with Crippen molar-refractivity contribution in [3.05, 3.63) is 217 Å². The number of benzene rings is 8. The summed E-state index contributed by atoms with van der Waals surface area (Å²) in [6.07, 6.45) is 1.95. The third-order valence-electron chi connectivity index (χ3n) is 13.7. The minimum absolute atomic E-state index is 0.0496. The van der Waals surface area contributed by atoms with Crippen LogP contribution < -0.4 is 14.5 Å². The number of fused-ring (bicyclic) bond motifs is 4. The Morgan fingerprint density at radius 2 is 1.13 bits per heavy atom. The lowest BCUT2D eigenvalue weighted by atomic mass is 9.77. The first-order chi connectivity index (χ1) is 33.3. The van der Waals surface area contributed by atoms with Crippen LogP contribution in [0.4, 0.5) is 22.7 Å². The van der Waals surface area contributed by atoms with Crippen molar-refractivity contribution in [1.29, 1.82) is 0 Å². The SMILES string of the molecule is Cc1cc(C)cc(N2CN(c3cccc(Oc4ccc5c6ccccc6n(-c6cc(-c7ccc(C(C)(C)C)cc7C(C)(C)C)ccn6)c5c4)c3)c3cc(-c4ccccc4-c4ccccc4)ccc32)c1. The average molecular weight is 899 g/mol. The quantitative estimate of drug-likeness (QED) is 0.152. The van der Waals surface area contributed by atoms with Crippen LogP contribution in [0.2, 0.25) is 0 Å². The van der Waals surface area contributed by atoms with Crippen molar-refractivity contribution in [3.63, 3.8) is 0 Å². The second kappa shape index (κ2) is 17.0. The van der Waals surface area contributed by atoms with Crippen LogP contribution in [0.5, 0.6) is 11.5 Å². The van der Waals surface area contributed by atoms with E-state index in [9.17, 15) is 0 Å². The van der Waals surface area contributed by atoms with Crippen LogP contribution in [0.3, 0.4) is 0 Å². The van der Waals surface area contributed by atoms with Crippen LogP contribution >= 0.6 is 0 Å². The van der Waals surface area contributed by atoms with Crippen LogP contribution in [0, 0.1) is 13.8 Å². The molecule has 5 heteroatoms. The van der Waals surface area contributed by atoms with Gasteiger partial charge in [-0.15, -0.1) is 0 Å².